The highest BCUT2D eigenvalue weighted by atomic mass is 32.2. The van der Waals surface area contributed by atoms with Gasteiger partial charge in [0.15, 0.2) is 5.75 Å². The summed E-state index contributed by atoms with van der Waals surface area (Å²) in [5.74, 6) is -0.359. The maximum atomic E-state index is 12.9. The Balaban J connectivity index is 1.63. The van der Waals surface area contributed by atoms with E-state index in [1.165, 1.54) is 37.4 Å². The van der Waals surface area contributed by atoms with Crippen LogP contribution < -0.4 is 9.46 Å². The van der Waals surface area contributed by atoms with Crippen LogP contribution in [0.3, 0.4) is 0 Å². The highest BCUT2D eigenvalue weighted by molar-refractivity contribution is 7.92. The molecule has 0 spiro atoms. The van der Waals surface area contributed by atoms with Gasteiger partial charge in [-0.1, -0.05) is 30.3 Å². The number of anilines is 1. The van der Waals surface area contributed by atoms with Crippen LogP contribution >= 0.6 is 0 Å². The zero-order valence-corrected chi connectivity index (χ0v) is 19.5. The lowest BCUT2D eigenvalue weighted by Gasteiger charge is -2.10. The number of nitro benzene ring substituents is 1. The van der Waals surface area contributed by atoms with E-state index in [9.17, 15) is 23.3 Å². The van der Waals surface area contributed by atoms with E-state index in [-0.39, 0.29) is 28.5 Å². The Kier molecular flexibility index (Phi) is 6.43. The molecule has 1 N–H and O–H groups in total. The maximum Gasteiger partial charge on any atom is 0.342 e. The van der Waals surface area contributed by atoms with Gasteiger partial charge in [-0.15, -0.1) is 0 Å². The Hall–Kier alpha value is -4.38. The first-order valence-corrected chi connectivity index (χ1v) is 11.8. The van der Waals surface area contributed by atoms with Crippen LogP contribution in [0.1, 0.15) is 21.7 Å². The molecule has 35 heavy (non-hydrogen) atoms. The third-order valence-electron chi connectivity index (χ3n) is 5.19. The van der Waals surface area contributed by atoms with Crippen LogP contribution in [0.15, 0.2) is 76.0 Å². The van der Waals surface area contributed by atoms with Gasteiger partial charge in [-0.3, -0.25) is 14.8 Å². The summed E-state index contributed by atoms with van der Waals surface area (Å²) in [5.41, 5.74) is 1.01. The lowest BCUT2D eigenvalue weighted by atomic mass is 10.1. The Bertz CT molecular complexity index is 1530. The molecule has 0 aliphatic rings. The number of furan rings is 1. The predicted octanol–water partition coefficient (Wildman–Crippen LogP) is 4.82. The van der Waals surface area contributed by atoms with Crippen LogP contribution in [0, 0.1) is 17.0 Å². The maximum absolute atomic E-state index is 12.9. The third-order valence-corrected chi connectivity index (χ3v) is 6.57. The number of aryl methyl sites for hydroxylation is 1. The fourth-order valence-electron chi connectivity index (χ4n) is 3.53. The molecule has 0 unspecified atom stereocenters. The minimum Gasteiger partial charge on any atom is -0.490 e. The van der Waals surface area contributed by atoms with E-state index in [0.717, 1.165) is 11.6 Å². The zero-order chi connectivity index (χ0) is 25.2. The first-order chi connectivity index (χ1) is 16.7. The van der Waals surface area contributed by atoms with Crippen molar-refractivity contribution in [3.05, 3.63) is 93.7 Å². The van der Waals surface area contributed by atoms with E-state index < -0.39 is 26.6 Å². The summed E-state index contributed by atoms with van der Waals surface area (Å²) in [5, 5.41) is 11.6. The zero-order valence-electron chi connectivity index (χ0n) is 18.7. The number of hydrogen-bond acceptors (Lipinski definition) is 8. The Labute approximate surface area is 200 Å². The number of benzene rings is 3. The number of methoxy groups -OCH3 is 1. The van der Waals surface area contributed by atoms with Gasteiger partial charge in [-0.2, -0.15) is 0 Å². The Morgan fingerprint density at radius 2 is 1.83 bits per heavy atom. The van der Waals surface area contributed by atoms with Crippen molar-refractivity contribution < 1.29 is 32.0 Å². The minimum atomic E-state index is -4.19. The summed E-state index contributed by atoms with van der Waals surface area (Å²) >= 11 is 0. The normalized spacial score (nSPS) is 11.3. The van der Waals surface area contributed by atoms with Crippen molar-refractivity contribution in [2.45, 2.75) is 18.4 Å². The van der Waals surface area contributed by atoms with Crippen molar-refractivity contribution in [2.24, 2.45) is 0 Å². The quantitative estimate of drug-likeness (QED) is 0.208. The second kappa shape index (κ2) is 9.47. The molecular weight excluding hydrogens is 476 g/mol. The van der Waals surface area contributed by atoms with Crippen molar-refractivity contribution >= 4 is 38.3 Å². The summed E-state index contributed by atoms with van der Waals surface area (Å²) < 4.78 is 44.2. The molecule has 180 valence electrons. The summed E-state index contributed by atoms with van der Waals surface area (Å²) in [6.07, 6.45) is 0. The summed E-state index contributed by atoms with van der Waals surface area (Å²) in [7, 11) is -2.94. The molecule has 0 amide bonds. The van der Waals surface area contributed by atoms with Gasteiger partial charge >= 0.3 is 11.7 Å². The number of esters is 1. The lowest BCUT2D eigenvalue weighted by Crippen LogP contribution is -2.13. The van der Waals surface area contributed by atoms with Gasteiger partial charge in [-0.25, -0.2) is 13.2 Å². The van der Waals surface area contributed by atoms with Gasteiger partial charge in [0, 0.05) is 17.1 Å². The van der Waals surface area contributed by atoms with Crippen molar-refractivity contribution in [2.75, 3.05) is 11.8 Å². The van der Waals surface area contributed by atoms with Crippen LogP contribution in [0.25, 0.3) is 11.0 Å². The van der Waals surface area contributed by atoms with Crippen molar-refractivity contribution in [3.8, 4) is 5.75 Å². The molecule has 0 fully saturated rings. The van der Waals surface area contributed by atoms with Gasteiger partial charge in [0.25, 0.3) is 10.0 Å². The number of nitro groups is 1. The van der Waals surface area contributed by atoms with Crippen molar-refractivity contribution in [1.29, 1.82) is 0 Å². The average Bonchev–Trinajstić information content (AvgIpc) is 3.17. The lowest BCUT2D eigenvalue weighted by molar-refractivity contribution is -0.386. The number of nitrogens with one attached hydrogen (secondary N) is 1. The van der Waals surface area contributed by atoms with Gasteiger partial charge in [0.1, 0.15) is 23.5 Å². The van der Waals surface area contributed by atoms with E-state index in [1.54, 1.807) is 6.92 Å². The van der Waals surface area contributed by atoms with Gasteiger partial charge in [-0.05, 0) is 42.8 Å². The van der Waals surface area contributed by atoms with Crippen LogP contribution in [-0.2, 0) is 21.4 Å². The predicted molar refractivity (Wildman–Crippen MR) is 127 cm³/mol. The first kappa shape index (κ1) is 23.8. The molecular formula is C24H20N2O8S. The molecule has 3 aromatic carbocycles. The van der Waals surface area contributed by atoms with Crippen LogP contribution in [0.2, 0.25) is 0 Å². The molecule has 0 saturated heterocycles. The summed E-state index contributed by atoms with van der Waals surface area (Å²) in [4.78, 5) is 23.0. The largest absolute Gasteiger partial charge is 0.490 e. The summed E-state index contributed by atoms with van der Waals surface area (Å²) in [6.45, 7) is 1.67. The van der Waals surface area contributed by atoms with Crippen LogP contribution in [0.5, 0.6) is 5.75 Å². The molecule has 0 saturated carbocycles. The van der Waals surface area contributed by atoms with Crippen molar-refractivity contribution in [3.63, 3.8) is 0 Å². The van der Waals surface area contributed by atoms with Crippen LogP contribution in [-0.4, -0.2) is 26.4 Å². The SMILES string of the molecule is COc1ccc(S(=O)(=O)Nc2ccc3oc(C)c(C(=O)OCc4ccccc4)c3c2)cc1[N+](=O)[O-]. The Morgan fingerprint density at radius 1 is 1.09 bits per heavy atom. The topological polar surface area (TPSA) is 138 Å². The van der Waals surface area contributed by atoms with E-state index >= 15 is 0 Å². The highest BCUT2D eigenvalue weighted by Crippen LogP contribution is 2.32. The molecule has 0 aliphatic heterocycles. The fourth-order valence-corrected chi connectivity index (χ4v) is 4.60. The molecule has 0 atom stereocenters. The highest BCUT2D eigenvalue weighted by Gasteiger charge is 2.24. The summed E-state index contributed by atoms with van der Waals surface area (Å²) in [6, 6.07) is 16.9. The third kappa shape index (κ3) is 4.94. The van der Waals surface area contributed by atoms with E-state index in [4.69, 9.17) is 13.9 Å². The van der Waals surface area contributed by atoms with Crippen LogP contribution in [0.4, 0.5) is 11.4 Å². The number of hydrogen-bond donors (Lipinski definition) is 1. The molecule has 1 aromatic heterocycles. The molecule has 1 heterocycles. The molecule has 10 nitrogen and oxygen atoms in total. The van der Waals surface area contributed by atoms with Gasteiger partial charge < -0.3 is 13.9 Å². The molecule has 0 radical (unpaired) electrons. The fraction of sp³-hybridized carbons (Fsp3) is 0.125. The van der Waals surface area contributed by atoms with E-state index in [1.807, 2.05) is 30.3 Å². The second-order valence-corrected chi connectivity index (χ2v) is 9.18. The van der Waals surface area contributed by atoms with Crippen molar-refractivity contribution in [1.82, 2.24) is 0 Å². The molecule has 4 rings (SSSR count). The number of ether oxygens (including phenoxy) is 2. The standard InChI is InChI=1S/C24H20N2O8S/c1-15-23(24(27)33-14-16-6-4-3-5-7-16)19-12-17(8-10-21(19)34-15)25-35(30,31)18-9-11-22(32-2)20(13-18)26(28)29/h3-13,25H,14H2,1-2H3. The number of carbonyl (C=O) groups is 1. The molecule has 11 heteroatoms. The number of fused-ring (bicyclic) bond motifs is 1. The molecule has 4 aromatic rings. The van der Waals surface area contributed by atoms with Gasteiger partial charge in [0.2, 0.25) is 0 Å². The Morgan fingerprint density at radius 3 is 2.51 bits per heavy atom. The number of carbonyl (C=O) groups excluding carboxylic acids is 1. The second-order valence-electron chi connectivity index (χ2n) is 7.50. The molecule has 0 aliphatic carbocycles. The number of sulfonamides is 1. The monoisotopic (exact) mass is 496 g/mol. The first-order valence-electron chi connectivity index (χ1n) is 10.3. The smallest absolute Gasteiger partial charge is 0.342 e. The van der Waals surface area contributed by atoms with Gasteiger partial charge in [0.05, 0.1) is 16.9 Å². The van der Waals surface area contributed by atoms with E-state index in [0.29, 0.717) is 16.7 Å². The molecule has 0 bridgehead atoms. The number of nitrogens with zero attached hydrogens (tertiary/aromatic N) is 1. The van der Waals surface area contributed by atoms with E-state index in [2.05, 4.69) is 4.72 Å². The minimum absolute atomic E-state index is 0.0638. The number of rotatable bonds is 8. The average molecular weight is 496 g/mol.